The predicted molar refractivity (Wildman–Crippen MR) is 80.8 cm³/mol. The van der Waals surface area contributed by atoms with Crippen LogP contribution in [0.2, 0.25) is 0 Å². The number of hydrogen-bond acceptors (Lipinski definition) is 3. The molecule has 0 saturated carbocycles. The van der Waals surface area contributed by atoms with E-state index in [1.165, 1.54) is 13.2 Å². The minimum Gasteiger partial charge on any atom is -0.372 e. The molecule has 1 saturated heterocycles. The van der Waals surface area contributed by atoms with Gasteiger partial charge in [-0.15, -0.1) is 0 Å². The van der Waals surface area contributed by atoms with Crippen LogP contribution in [0, 0.1) is 11.7 Å². The van der Waals surface area contributed by atoms with Gasteiger partial charge in [0.1, 0.15) is 11.9 Å². The van der Waals surface area contributed by atoms with E-state index < -0.39 is 6.10 Å². The van der Waals surface area contributed by atoms with Gasteiger partial charge in [0.05, 0.1) is 5.69 Å². The van der Waals surface area contributed by atoms with E-state index in [1.54, 1.807) is 30.0 Å². The first-order chi connectivity index (χ1) is 10.1. The molecule has 116 valence electrons. The van der Waals surface area contributed by atoms with Crippen LogP contribution in [-0.4, -0.2) is 38.3 Å². The summed E-state index contributed by atoms with van der Waals surface area (Å²) in [5.41, 5.74) is 0.338. The summed E-state index contributed by atoms with van der Waals surface area (Å²) in [6.45, 7) is 5.43. The molecule has 1 fully saturated rings. The van der Waals surface area contributed by atoms with Gasteiger partial charge >= 0.3 is 0 Å². The molecule has 1 heterocycles. The zero-order valence-corrected chi connectivity index (χ0v) is 12.8. The zero-order valence-electron chi connectivity index (χ0n) is 12.8. The molecule has 4 nitrogen and oxygen atoms in total. The average molecular weight is 294 g/mol. The maximum Gasteiger partial charge on any atom is 0.256 e. The van der Waals surface area contributed by atoms with Gasteiger partial charge in [-0.25, -0.2) is 4.39 Å². The lowest BCUT2D eigenvalue weighted by atomic mass is 9.92. The molecule has 1 aliphatic heterocycles. The Hall–Kier alpha value is -1.46. The third-order valence-corrected chi connectivity index (χ3v) is 4.12. The first-order valence-corrected chi connectivity index (χ1v) is 7.37. The van der Waals surface area contributed by atoms with Crippen molar-refractivity contribution in [3.63, 3.8) is 0 Å². The van der Waals surface area contributed by atoms with Gasteiger partial charge in [0.25, 0.3) is 5.91 Å². The number of rotatable bonds is 4. The molecule has 1 aliphatic rings. The zero-order chi connectivity index (χ0) is 15.4. The Morgan fingerprint density at radius 2 is 2.19 bits per heavy atom. The minimum absolute atomic E-state index is 0.0201. The fourth-order valence-electron chi connectivity index (χ4n) is 2.79. The molecule has 21 heavy (non-hydrogen) atoms. The molecule has 0 radical (unpaired) electrons. The third kappa shape index (κ3) is 3.41. The predicted octanol–water partition coefficient (Wildman–Crippen LogP) is 2.19. The largest absolute Gasteiger partial charge is 0.372 e. The van der Waals surface area contributed by atoms with Gasteiger partial charge < -0.3 is 15.0 Å². The van der Waals surface area contributed by atoms with Crippen LogP contribution in [0.1, 0.15) is 20.3 Å². The van der Waals surface area contributed by atoms with Crippen molar-refractivity contribution in [1.82, 2.24) is 5.32 Å². The molecule has 0 bridgehead atoms. The van der Waals surface area contributed by atoms with E-state index in [0.29, 0.717) is 5.69 Å². The van der Waals surface area contributed by atoms with Crippen molar-refractivity contribution in [3.05, 3.63) is 30.1 Å². The molecular formula is C16H23FN2O2. The molecule has 1 amide bonds. The van der Waals surface area contributed by atoms with E-state index in [9.17, 15) is 9.18 Å². The lowest BCUT2D eigenvalue weighted by Gasteiger charge is -2.40. The van der Waals surface area contributed by atoms with Crippen molar-refractivity contribution in [2.75, 3.05) is 25.1 Å². The number of nitrogens with one attached hydrogen (secondary N) is 1. The number of anilines is 1. The lowest BCUT2D eigenvalue weighted by molar-refractivity contribution is -0.128. The van der Waals surface area contributed by atoms with E-state index in [0.717, 1.165) is 19.5 Å². The van der Waals surface area contributed by atoms with E-state index in [1.807, 2.05) is 0 Å². The van der Waals surface area contributed by atoms with E-state index >= 15 is 0 Å². The molecule has 0 aromatic heterocycles. The van der Waals surface area contributed by atoms with Gasteiger partial charge in [-0.1, -0.05) is 19.1 Å². The van der Waals surface area contributed by atoms with Gasteiger partial charge in [-0.05, 0) is 44.5 Å². The highest BCUT2D eigenvalue weighted by molar-refractivity contribution is 5.97. The number of benzene rings is 1. The van der Waals surface area contributed by atoms with Gasteiger partial charge in [0.2, 0.25) is 0 Å². The summed E-state index contributed by atoms with van der Waals surface area (Å²) in [6, 6.07) is 6.41. The summed E-state index contributed by atoms with van der Waals surface area (Å²) in [5, 5.41) is 3.30. The third-order valence-electron chi connectivity index (χ3n) is 4.12. The van der Waals surface area contributed by atoms with Crippen LogP contribution in [0.15, 0.2) is 24.3 Å². The van der Waals surface area contributed by atoms with Gasteiger partial charge in [-0.3, -0.25) is 4.79 Å². The summed E-state index contributed by atoms with van der Waals surface area (Å²) < 4.78 is 19.4. The summed E-state index contributed by atoms with van der Waals surface area (Å²) >= 11 is 0. The average Bonchev–Trinajstić information content (AvgIpc) is 2.50. The van der Waals surface area contributed by atoms with Crippen molar-refractivity contribution in [2.24, 2.45) is 5.92 Å². The number of hydrogen-bond donors (Lipinski definition) is 1. The molecule has 1 aromatic rings. The second kappa shape index (κ2) is 7.00. The van der Waals surface area contributed by atoms with Crippen molar-refractivity contribution in [3.8, 4) is 0 Å². The Morgan fingerprint density at radius 3 is 2.81 bits per heavy atom. The summed E-state index contributed by atoms with van der Waals surface area (Å²) in [6.07, 6.45) is 0.212. The Balaban J connectivity index is 2.39. The van der Waals surface area contributed by atoms with Gasteiger partial charge in [-0.2, -0.15) is 0 Å². The van der Waals surface area contributed by atoms with Crippen LogP contribution >= 0.6 is 0 Å². The highest BCUT2D eigenvalue weighted by Gasteiger charge is 2.34. The topological polar surface area (TPSA) is 41.6 Å². The molecule has 0 aliphatic carbocycles. The van der Waals surface area contributed by atoms with Crippen molar-refractivity contribution < 1.29 is 13.9 Å². The molecular weight excluding hydrogens is 271 g/mol. The van der Waals surface area contributed by atoms with Crippen LogP contribution in [0.4, 0.5) is 10.1 Å². The molecule has 3 atom stereocenters. The number of methoxy groups -OCH3 is 1. The monoisotopic (exact) mass is 294 g/mol. The standard InChI is InChI=1S/C16H23FN2O2/c1-11-10-18-9-8-14(11)19(16(20)12(2)21-3)15-7-5-4-6-13(15)17/h4-7,11-12,14,18H,8-10H2,1-3H3. The van der Waals surface area contributed by atoms with Crippen molar-refractivity contribution >= 4 is 11.6 Å². The normalized spacial score (nSPS) is 23.6. The number of para-hydroxylation sites is 1. The second-order valence-corrected chi connectivity index (χ2v) is 5.58. The number of carbonyl (C=O) groups is 1. The number of ether oxygens (including phenoxy) is 1. The summed E-state index contributed by atoms with van der Waals surface area (Å²) in [4.78, 5) is 14.3. The van der Waals surface area contributed by atoms with Gasteiger partial charge in [0.15, 0.2) is 0 Å². The first-order valence-electron chi connectivity index (χ1n) is 7.37. The maximum absolute atomic E-state index is 14.2. The van der Waals surface area contributed by atoms with Crippen LogP contribution in [0.3, 0.4) is 0 Å². The Kier molecular flexibility index (Phi) is 5.31. The van der Waals surface area contributed by atoms with Crippen LogP contribution in [0.5, 0.6) is 0 Å². The number of amides is 1. The Labute approximate surface area is 125 Å². The SMILES string of the molecule is COC(C)C(=O)N(c1ccccc1F)C1CCNCC1C. The highest BCUT2D eigenvalue weighted by Crippen LogP contribution is 2.28. The van der Waals surface area contributed by atoms with Crippen LogP contribution in [-0.2, 0) is 9.53 Å². The lowest BCUT2D eigenvalue weighted by Crippen LogP contribution is -2.54. The smallest absolute Gasteiger partial charge is 0.256 e. The quantitative estimate of drug-likeness (QED) is 0.925. The number of carbonyl (C=O) groups excluding carboxylic acids is 1. The van der Waals surface area contributed by atoms with Crippen LogP contribution in [0.25, 0.3) is 0 Å². The van der Waals surface area contributed by atoms with E-state index in [2.05, 4.69) is 12.2 Å². The van der Waals surface area contributed by atoms with E-state index in [4.69, 9.17) is 4.74 Å². The Morgan fingerprint density at radius 1 is 1.48 bits per heavy atom. The highest BCUT2D eigenvalue weighted by atomic mass is 19.1. The summed E-state index contributed by atoms with van der Waals surface area (Å²) in [7, 11) is 1.49. The number of piperidine rings is 1. The molecule has 2 rings (SSSR count). The summed E-state index contributed by atoms with van der Waals surface area (Å²) in [5.74, 6) is -0.312. The molecule has 3 unspecified atom stereocenters. The number of nitrogens with zero attached hydrogens (tertiary/aromatic N) is 1. The molecule has 5 heteroatoms. The Bertz CT molecular complexity index is 495. The second-order valence-electron chi connectivity index (χ2n) is 5.58. The fraction of sp³-hybridized carbons (Fsp3) is 0.562. The van der Waals surface area contributed by atoms with E-state index in [-0.39, 0.29) is 23.7 Å². The molecule has 1 aromatic carbocycles. The fourth-order valence-corrected chi connectivity index (χ4v) is 2.79. The number of halogens is 1. The van der Waals surface area contributed by atoms with Gasteiger partial charge in [0, 0.05) is 13.2 Å². The van der Waals surface area contributed by atoms with Crippen molar-refractivity contribution in [2.45, 2.75) is 32.4 Å². The molecule has 1 N–H and O–H groups in total. The van der Waals surface area contributed by atoms with Crippen LogP contribution < -0.4 is 10.2 Å². The maximum atomic E-state index is 14.2. The molecule has 0 spiro atoms. The first kappa shape index (κ1) is 15.9. The minimum atomic E-state index is -0.591. The van der Waals surface area contributed by atoms with Crippen molar-refractivity contribution in [1.29, 1.82) is 0 Å².